The molecule has 1 saturated carbocycles. The molecule has 0 N–H and O–H groups in total. The van der Waals surface area contributed by atoms with Gasteiger partial charge in [0.1, 0.15) is 6.29 Å². The highest BCUT2D eigenvalue weighted by molar-refractivity contribution is 5.49. The van der Waals surface area contributed by atoms with Crippen molar-refractivity contribution in [2.24, 2.45) is 5.92 Å². The van der Waals surface area contributed by atoms with E-state index in [-0.39, 0.29) is 0 Å². The minimum atomic E-state index is 0.362. The Morgan fingerprint density at radius 3 is 2.82 bits per heavy atom. The fourth-order valence-electron chi connectivity index (χ4n) is 4.48. The highest BCUT2D eigenvalue weighted by Crippen LogP contribution is 2.54. The molecule has 2 nitrogen and oxygen atoms in total. The summed E-state index contributed by atoms with van der Waals surface area (Å²) in [7, 11) is 0. The van der Waals surface area contributed by atoms with Gasteiger partial charge in [-0.1, -0.05) is 30.7 Å². The zero-order chi connectivity index (χ0) is 15.6. The fraction of sp³-hybridized carbons (Fsp3) is 0.650. The molecule has 22 heavy (non-hydrogen) atoms. The van der Waals surface area contributed by atoms with Gasteiger partial charge in [0.2, 0.25) is 0 Å². The quantitative estimate of drug-likeness (QED) is 0.679. The molecular formula is C20H29NO. The monoisotopic (exact) mass is 299 g/mol. The van der Waals surface area contributed by atoms with Gasteiger partial charge in [-0.15, -0.1) is 0 Å². The summed E-state index contributed by atoms with van der Waals surface area (Å²) < 4.78 is 0. The zero-order valence-corrected chi connectivity index (χ0v) is 14.1. The minimum absolute atomic E-state index is 0.362. The molecular weight excluding hydrogens is 270 g/mol. The molecule has 2 heteroatoms. The molecule has 0 radical (unpaired) electrons. The van der Waals surface area contributed by atoms with Gasteiger partial charge in [-0.2, -0.15) is 0 Å². The van der Waals surface area contributed by atoms with Crippen LogP contribution in [0.1, 0.15) is 55.7 Å². The van der Waals surface area contributed by atoms with Crippen LogP contribution in [-0.2, 0) is 16.6 Å². The van der Waals surface area contributed by atoms with E-state index in [1.54, 1.807) is 11.1 Å². The summed E-state index contributed by atoms with van der Waals surface area (Å²) in [6.07, 6.45) is 8.22. The second-order valence-corrected chi connectivity index (χ2v) is 7.32. The Kier molecular flexibility index (Phi) is 4.67. The summed E-state index contributed by atoms with van der Waals surface area (Å²) in [6, 6.07) is 7.09. The topological polar surface area (TPSA) is 20.3 Å². The number of fused-ring (bicyclic) bond motifs is 1. The molecule has 2 aliphatic rings. The van der Waals surface area contributed by atoms with Crippen LogP contribution in [-0.4, -0.2) is 30.8 Å². The van der Waals surface area contributed by atoms with Crippen LogP contribution in [0, 0.1) is 12.8 Å². The third-order valence-electron chi connectivity index (χ3n) is 5.61. The van der Waals surface area contributed by atoms with E-state index in [4.69, 9.17) is 0 Å². The van der Waals surface area contributed by atoms with Crippen molar-refractivity contribution in [2.75, 3.05) is 19.6 Å². The largest absolute Gasteiger partial charge is 0.303 e. The van der Waals surface area contributed by atoms with Crippen LogP contribution in [0.3, 0.4) is 0 Å². The van der Waals surface area contributed by atoms with Gasteiger partial charge in [0.05, 0.1) is 0 Å². The summed E-state index contributed by atoms with van der Waals surface area (Å²) in [5.41, 5.74) is 4.95. The number of nitrogens with zero attached hydrogens (tertiary/aromatic N) is 1. The fourth-order valence-corrected chi connectivity index (χ4v) is 4.48. The van der Waals surface area contributed by atoms with Crippen molar-refractivity contribution >= 4 is 6.29 Å². The summed E-state index contributed by atoms with van der Waals surface area (Å²) in [6.45, 7) is 7.63. The second kappa shape index (κ2) is 6.54. The first-order valence-electron chi connectivity index (χ1n) is 8.95. The van der Waals surface area contributed by atoms with Crippen LogP contribution in [0.5, 0.6) is 0 Å². The standard InChI is InChI=1S/C20H29NO/c1-3-11-21(12-4-13-22)15-20(18-6-7-18)10-9-17-14-16(2)5-8-19(17)20/h5,8,13-14,18H,3-4,6-7,9-12,15H2,1-2H3. The normalized spacial score (nSPS) is 23.8. The molecule has 1 aromatic carbocycles. The van der Waals surface area contributed by atoms with Gasteiger partial charge in [-0.05, 0) is 62.6 Å². The maximum Gasteiger partial charge on any atom is 0.121 e. The van der Waals surface area contributed by atoms with E-state index in [1.807, 2.05) is 0 Å². The molecule has 3 rings (SSSR count). The number of hydrogen-bond donors (Lipinski definition) is 0. The van der Waals surface area contributed by atoms with E-state index in [0.29, 0.717) is 11.8 Å². The lowest BCUT2D eigenvalue weighted by atomic mass is 9.76. The second-order valence-electron chi connectivity index (χ2n) is 7.32. The Balaban J connectivity index is 1.86. The SMILES string of the molecule is CCCN(CCC=O)CC1(C2CC2)CCc2cc(C)ccc21. The van der Waals surface area contributed by atoms with Crippen molar-refractivity contribution in [3.63, 3.8) is 0 Å². The van der Waals surface area contributed by atoms with Crippen LogP contribution in [0.2, 0.25) is 0 Å². The number of rotatable bonds is 8. The number of carbonyl (C=O) groups is 1. The molecule has 1 unspecified atom stereocenters. The third-order valence-corrected chi connectivity index (χ3v) is 5.61. The molecule has 0 spiro atoms. The van der Waals surface area contributed by atoms with Gasteiger partial charge in [-0.3, -0.25) is 0 Å². The Morgan fingerprint density at radius 1 is 1.32 bits per heavy atom. The van der Waals surface area contributed by atoms with Gasteiger partial charge in [0.25, 0.3) is 0 Å². The predicted octanol–water partition coefficient (Wildman–Crippen LogP) is 3.89. The van der Waals surface area contributed by atoms with E-state index in [9.17, 15) is 4.79 Å². The van der Waals surface area contributed by atoms with E-state index in [1.165, 1.54) is 37.7 Å². The summed E-state index contributed by atoms with van der Waals surface area (Å²) in [4.78, 5) is 13.3. The maximum atomic E-state index is 10.8. The number of carbonyl (C=O) groups excluding carboxylic acids is 1. The Morgan fingerprint density at radius 2 is 2.14 bits per heavy atom. The lowest BCUT2D eigenvalue weighted by Crippen LogP contribution is -2.42. The van der Waals surface area contributed by atoms with Gasteiger partial charge < -0.3 is 9.69 Å². The molecule has 0 amide bonds. The summed E-state index contributed by atoms with van der Waals surface area (Å²) >= 11 is 0. The molecule has 1 atom stereocenters. The first-order chi connectivity index (χ1) is 10.7. The van der Waals surface area contributed by atoms with Gasteiger partial charge in [-0.25, -0.2) is 0 Å². The van der Waals surface area contributed by atoms with Crippen LogP contribution < -0.4 is 0 Å². The molecule has 0 aliphatic heterocycles. The smallest absolute Gasteiger partial charge is 0.121 e. The molecule has 120 valence electrons. The van der Waals surface area contributed by atoms with Crippen molar-refractivity contribution in [1.82, 2.24) is 4.90 Å². The molecule has 0 bridgehead atoms. The summed E-state index contributed by atoms with van der Waals surface area (Å²) in [5.74, 6) is 0.868. The summed E-state index contributed by atoms with van der Waals surface area (Å²) in [5, 5.41) is 0. The predicted molar refractivity (Wildman–Crippen MR) is 91.3 cm³/mol. The molecule has 1 aromatic rings. The van der Waals surface area contributed by atoms with Crippen LogP contribution in [0.4, 0.5) is 0 Å². The van der Waals surface area contributed by atoms with Crippen molar-refractivity contribution in [1.29, 1.82) is 0 Å². The first kappa shape index (κ1) is 15.7. The lowest BCUT2D eigenvalue weighted by molar-refractivity contribution is -0.108. The number of benzene rings is 1. The Hall–Kier alpha value is -1.15. The van der Waals surface area contributed by atoms with Gasteiger partial charge >= 0.3 is 0 Å². The van der Waals surface area contributed by atoms with Crippen molar-refractivity contribution in [3.05, 3.63) is 34.9 Å². The Labute approximate surface area is 134 Å². The average Bonchev–Trinajstić information content (AvgIpc) is 3.30. The highest BCUT2D eigenvalue weighted by Gasteiger charge is 2.50. The lowest BCUT2D eigenvalue weighted by Gasteiger charge is -2.37. The van der Waals surface area contributed by atoms with Crippen LogP contribution in [0.25, 0.3) is 0 Å². The number of hydrogen-bond acceptors (Lipinski definition) is 2. The average molecular weight is 299 g/mol. The molecule has 0 aromatic heterocycles. The molecule has 0 saturated heterocycles. The van der Waals surface area contributed by atoms with Crippen LogP contribution in [0.15, 0.2) is 18.2 Å². The first-order valence-corrected chi connectivity index (χ1v) is 8.95. The van der Waals surface area contributed by atoms with E-state index >= 15 is 0 Å². The number of aryl methyl sites for hydroxylation is 2. The van der Waals surface area contributed by atoms with E-state index < -0.39 is 0 Å². The van der Waals surface area contributed by atoms with E-state index in [0.717, 1.165) is 31.8 Å². The molecule has 0 heterocycles. The van der Waals surface area contributed by atoms with Crippen molar-refractivity contribution < 1.29 is 4.79 Å². The van der Waals surface area contributed by atoms with Crippen molar-refractivity contribution in [2.45, 2.75) is 57.8 Å². The maximum absolute atomic E-state index is 10.8. The zero-order valence-electron chi connectivity index (χ0n) is 14.1. The Bertz CT molecular complexity index is 535. The van der Waals surface area contributed by atoms with Crippen LogP contribution >= 0.6 is 0 Å². The molecule has 1 fully saturated rings. The highest BCUT2D eigenvalue weighted by atomic mass is 16.1. The van der Waals surface area contributed by atoms with Gasteiger partial charge in [0.15, 0.2) is 0 Å². The van der Waals surface area contributed by atoms with Gasteiger partial charge in [0, 0.05) is 24.9 Å². The third kappa shape index (κ3) is 2.99. The number of aldehydes is 1. The van der Waals surface area contributed by atoms with Crippen molar-refractivity contribution in [3.8, 4) is 0 Å². The van der Waals surface area contributed by atoms with E-state index in [2.05, 4.69) is 36.9 Å². The molecule has 2 aliphatic carbocycles. The minimum Gasteiger partial charge on any atom is -0.303 e.